The molecule has 4 rings (SSSR count). The maximum Gasteiger partial charge on any atom is 0.0830 e. The molecule has 0 aromatic rings. The largest absolute Gasteiger partial charge is 0.393 e. The van der Waals surface area contributed by atoms with Crippen LogP contribution in [0.3, 0.4) is 0 Å². The van der Waals surface area contributed by atoms with Gasteiger partial charge in [-0.05, 0) is 104 Å². The molecule has 0 aromatic heterocycles. The van der Waals surface area contributed by atoms with Gasteiger partial charge in [0.15, 0.2) is 0 Å². The van der Waals surface area contributed by atoms with Gasteiger partial charge in [-0.1, -0.05) is 53.2 Å². The lowest BCUT2D eigenvalue weighted by molar-refractivity contribution is -0.0967. The minimum atomic E-state index is -0.637. The first-order valence-corrected chi connectivity index (χ1v) is 13.2. The summed E-state index contributed by atoms with van der Waals surface area (Å²) < 4.78 is 0. The number of aliphatic hydroxyl groups is 3. The van der Waals surface area contributed by atoms with Crippen molar-refractivity contribution in [3.05, 3.63) is 11.6 Å². The fourth-order valence-electron chi connectivity index (χ4n) is 8.80. The summed E-state index contributed by atoms with van der Waals surface area (Å²) in [6.45, 7) is 13.5. The number of aliphatic hydroxyl groups excluding tert-OH is 3. The van der Waals surface area contributed by atoms with E-state index in [-0.39, 0.29) is 28.8 Å². The van der Waals surface area contributed by atoms with E-state index >= 15 is 0 Å². The van der Waals surface area contributed by atoms with Crippen LogP contribution in [-0.4, -0.2) is 33.6 Å². The van der Waals surface area contributed by atoms with Crippen LogP contribution in [-0.2, 0) is 0 Å². The summed E-state index contributed by atoms with van der Waals surface area (Å²) in [5.41, 5.74) is 2.11. The molecule has 0 aromatic carbocycles. The molecule has 31 heavy (non-hydrogen) atoms. The highest BCUT2D eigenvalue weighted by Gasteiger charge is 2.59. The SMILES string of the molecule is CC(C)[C@@H](C)[C@@H](O)[C@H](O)[C@@H](C)[C@H]1CC[C@H]2[C@@H]3CC=C4C[C@@H](O)CC[C@]4(C)[C@H]3CC[C@]12C. The maximum atomic E-state index is 11.1. The van der Waals surface area contributed by atoms with Crippen molar-refractivity contribution in [2.45, 2.75) is 111 Å². The number of hydrogen-bond donors (Lipinski definition) is 3. The molecule has 3 N–H and O–H groups in total. The lowest BCUT2D eigenvalue weighted by Gasteiger charge is -2.58. The lowest BCUT2D eigenvalue weighted by Crippen LogP contribution is -2.52. The van der Waals surface area contributed by atoms with Crippen LogP contribution in [0, 0.1) is 52.3 Å². The minimum absolute atomic E-state index is 0.113. The van der Waals surface area contributed by atoms with Crippen LogP contribution in [0.5, 0.6) is 0 Å². The molecule has 0 heterocycles. The Hall–Kier alpha value is -0.380. The first-order chi connectivity index (χ1) is 14.5. The zero-order valence-corrected chi connectivity index (χ0v) is 20.8. The van der Waals surface area contributed by atoms with E-state index in [1.54, 1.807) is 5.57 Å². The number of hydrogen-bond acceptors (Lipinski definition) is 3. The first kappa shape index (κ1) is 23.8. The minimum Gasteiger partial charge on any atom is -0.393 e. The van der Waals surface area contributed by atoms with Crippen molar-refractivity contribution in [3.63, 3.8) is 0 Å². The average molecular weight is 433 g/mol. The van der Waals surface area contributed by atoms with Crippen LogP contribution in [0.4, 0.5) is 0 Å². The van der Waals surface area contributed by atoms with Crippen LogP contribution in [0.25, 0.3) is 0 Å². The molecule has 0 spiro atoms. The van der Waals surface area contributed by atoms with Crippen LogP contribution in [0.1, 0.15) is 92.9 Å². The van der Waals surface area contributed by atoms with Crippen LogP contribution < -0.4 is 0 Å². The second-order valence-electron chi connectivity index (χ2n) is 12.8. The highest BCUT2D eigenvalue weighted by Crippen LogP contribution is 2.67. The van der Waals surface area contributed by atoms with E-state index in [1.165, 1.54) is 32.1 Å². The normalized spacial score (nSPS) is 46.4. The summed E-state index contributed by atoms with van der Waals surface area (Å²) >= 11 is 0. The summed E-state index contributed by atoms with van der Waals surface area (Å²) in [6.07, 6.45) is 10.3. The molecular formula is C28H48O3. The van der Waals surface area contributed by atoms with Gasteiger partial charge in [-0.15, -0.1) is 0 Å². The maximum absolute atomic E-state index is 11.1. The van der Waals surface area contributed by atoms with Crippen molar-refractivity contribution < 1.29 is 15.3 Å². The molecule has 3 fully saturated rings. The first-order valence-electron chi connectivity index (χ1n) is 13.2. The fraction of sp³-hybridized carbons (Fsp3) is 0.929. The molecular weight excluding hydrogens is 384 g/mol. The molecule has 0 saturated heterocycles. The van der Waals surface area contributed by atoms with Crippen molar-refractivity contribution >= 4 is 0 Å². The molecule has 4 aliphatic carbocycles. The zero-order chi connectivity index (χ0) is 22.7. The third-order valence-electron chi connectivity index (χ3n) is 11.3. The topological polar surface area (TPSA) is 60.7 Å². The van der Waals surface area contributed by atoms with Gasteiger partial charge in [-0.3, -0.25) is 0 Å². The molecule has 0 aliphatic heterocycles. The van der Waals surface area contributed by atoms with Crippen molar-refractivity contribution in [3.8, 4) is 0 Å². The van der Waals surface area contributed by atoms with Crippen LogP contribution in [0.15, 0.2) is 11.6 Å². The molecule has 0 unspecified atom stereocenters. The summed E-state index contributed by atoms with van der Waals surface area (Å²) in [4.78, 5) is 0. The number of rotatable bonds is 5. The monoisotopic (exact) mass is 432 g/mol. The van der Waals surface area contributed by atoms with E-state index in [4.69, 9.17) is 0 Å². The summed E-state index contributed by atoms with van der Waals surface area (Å²) in [6, 6.07) is 0. The molecule has 4 aliphatic rings. The summed E-state index contributed by atoms with van der Waals surface area (Å²) in [7, 11) is 0. The van der Waals surface area contributed by atoms with E-state index in [1.807, 2.05) is 0 Å². The highest BCUT2D eigenvalue weighted by molar-refractivity contribution is 5.25. The Balaban J connectivity index is 1.53. The van der Waals surface area contributed by atoms with Crippen LogP contribution >= 0.6 is 0 Å². The Morgan fingerprint density at radius 2 is 1.61 bits per heavy atom. The smallest absolute Gasteiger partial charge is 0.0830 e. The molecule has 3 saturated carbocycles. The average Bonchev–Trinajstić information content (AvgIpc) is 3.09. The van der Waals surface area contributed by atoms with Gasteiger partial charge in [0, 0.05) is 0 Å². The molecule has 11 atom stereocenters. The molecule has 0 radical (unpaired) electrons. The molecule has 178 valence electrons. The number of fused-ring (bicyclic) bond motifs is 5. The summed E-state index contributed by atoms with van der Waals surface area (Å²) in [5.74, 6) is 3.35. The van der Waals surface area contributed by atoms with Gasteiger partial charge in [-0.25, -0.2) is 0 Å². The Labute approximate surface area is 190 Å². The van der Waals surface area contributed by atoms with Crippen molar-refractivity contribution in [2.75, 3.05) is 0 Å². The van der Waals surface area contributed by atoms with Gasteiger partial charge in [0.2, 0.25) is 0 Å². The standard InChI is InChI=1S/C28H48O3/c1-16(2)17(3)25(30)26(31)18(4)22-9-10-23-21-8-7-19-15-20(29)11-13-27(19,5)24(21)12-14-28(22,23)6/h7,16-18,20-26,29-31H,8-15H2,1-6H3/t17-,18+,20+,21+,22-,23+,24+,25-,26-,27+,28-/m1/s1. The van der Waals surface area contributed by atoms with Crippen molar-refractivity contribution in [1.29, 1.82) is 0 Å². The van der Waals surface area contributed by atoms with Crippen molar-refractivity contribution in [1.82, 2.24) is 0 Å². The van der Waals surface area contributed by atoms with E-state index in [0.717, 1.165) is 37.0 Å². The van der Waals surface area contributed by atoms with Gasteiger partial charge in [-0.2, -0.15) is 0 Å². The predicted molar refractivity (Wildman–Crippen MR) is 126 cm³/mol. The molecule has 0 bridgehead atoms. The zero-order valence-electron chi connectivity index (χ0n) is 20.8. The van der Waals surface area contributed by atoms with E-state index in [0.29, 0.717) is 11.8 Å². The Kier molecular flexibility index (Phi) is 6.47. The lowest BCUT2D eigenvalue weighted by atomic mass is 9.47. The van der Waals surface area contributed by atoms with Gasteiger partial charge in [0.1, 0.15) is 0 Å². The van der Waals surface area contributed by atoms with E-state index < -0.39 is 12.2 Å². The van der Waals surface area contributed by atoms with Crippen LogP contribution in [0.2, 0.25) is 0 Å². The van der Waals surface area contributed by atoms with Gasteiger partial charge in [0.25, 0.3) is 0 Å². The Morgan fingerprint density at radius 3 is 2.29 bits per heavy atom. The third-order valence-corrected chi connectivity index (χ3v) is 11.3. The van der Waals surface area contributed by atoms with Gasteiger partial charge < -0.3 is 15.3 Å². The molecule has 0 amide bonds. The van der Waals surface area contributed by atoms with Crippen molar-refractivity contribution in [2.24, 2.45) is 52.3 Å². The third kappa shape index (κ3) is 3.75. The van der Waals surface area contributed by atoms with Gasteiger partial charge in [0.05, 0.1) is 18.3 Å². The predicted octanol–water partition coefficient (Wildman–Crippen LogP) is 5.58. The van der Waals surface area contributed by atoms with E-state index in [9.17, 15) is 15.3 Å². The Morgan fingerprint density at radius 1 is 0.903 bits per heavy atom. The van der Waals surface area contributed by atoms with Gasteiger partial charge >= 0.3 is 0 Å². The molecule has 3 nitrogen and oxygen atoms in total. The number of allylic oxidation sites excluding steroid dienone is 1. The highest BCUT2D eigenvalue weighted by atomic mass is 16.3. The fourth-order valence-corrected chi connectivity index (χ4v) is 8.80. The second-order valence-corrected chi connectivity index (χ2v) is 12.8. The molecule has 3 heteroatoms. The summed E-state index contributed by atoms with van der Waals surface area (Å²) in [5, 5.41) is 32.2. The Bertz CT molecular complexity index is 686. The quantitative estimate of drug-likeness (QED) is 0.497. The second kappa shape index (κ2) is 8.44. The van der Waals surface area contributed by atoms with E-state index in [2.05, 4.69) is 47.6 Å².